The molecule has 2 aromatic rings. The van der Waals surface area contributed by atoms with Gasteiger partial charge in [-0.2, -0.15) is 0 Å². The Morgan fingerprint density at radius 3 is 2.60 bits per heavy atom. The topological polar surface area (TPSA) is 92.4 Å². The molecule has 1 unspecified atom stereocenters. The van der Waals surface area contributed by atoms with E-state index in [1.165, 1.54) is 0 Å². The van der Waals surface area contributed by atoms with Gasteiger partial charge in [0.05, 0.1) is 6.10 Å². The largest absolute Gasteiger partial charge is 0.389 e. The lowest BCUT2D eigenvalue weighted by Gasteiger charge is -2.10. The molecule has 0 spiro atoms. The number of anilines is 1. The number of aryl methyl sites for hydroxylation is 2. The number of rotatable bonds is 4. The average molecular weight is 296 g/mol. The van der Waals surface area contributed by atoms with Crippen LogP contribution in [-0.4, -0.2) is 18.7 Å². The maximum absolute atomic E-state index is 12.3. The summed E-state index contributed by atoms with van der Waals surface area (Å²) in [6, 6.07) is 6.59. The van der Waals surface area contributed by atoms with Crippen LogP contribution in [0.3, 0.4) is 0 Å². The van der Waals surface area contributed by atoms with Crippen molar-refractivity contribution in [3.8, 4) is 0 Å². The minimum atomic E-state index is -3.76. The maximum Gasteiger partial charge on any atom is 0.267 e. The molecule has 108 valence electrons. The molecular formula is C13H16N2O4S. The molecule has 2 rings (SSSR count). The van der Waals surface area contributed by atoms with Crippen LogP contribution in [-0.2, 0) is 10.0 Å². The quantitative estimate of drug-likeness (QED) is 0.901. The Bertz CT molecular complexity index is 700. The molecular weight excluding hydrogens is 280 g/mol. The molecule has 0 saturated carbocycles. The van der Waals surface area contributed by atoms with Crippen LogP contribution >= 0.6 is 0 Å². The van der Waals surface area contributed by atoms with E-state index in [1.54, 1.807) is 45.0 Å². The summed E-state index contributed by atoms with van der Waals surface area (Å²) in [7, 11) is -3.76. The van der Waals surface area contributed by atoms with Gasteiger partial charge >= 0.3 is 0 Å². The molecule has 1 atom stereocenters. The van der Waals surface area contributed by atoms with E-state index in [-0.39, 0.29) is 10.7 Å². The minimum Gasteiger partial charge on any atom is -0.389 e. The van der Waals surface area contributed by atoms with E-state index in [2.05, 4.69) is 9.88 Å². The molecule has 0 saturated heterocycles. The third-order valence-electron chi connectivity index (χ3n) is 2.86. The van der Waals surface area contributed by atoms with Crippen molar-refractivity contribution in [2.45, 2.75) is 31.8 Å². The van der Waals surface area contributed by atoms with E-state index in [9.17, 15) is 13.5 Å². The monoisotopic (exact) mass is 296 g/mol. The van der Waals surface area contributed by atoms with Crippen LogP contribution in [0.2, 0.25) is 0 Å². The van der Waals surface area contributed by atoms with E-state index in [4.69, 9.17) is 4.52 Å². The van der Waals surface area contributed by atoms with Crippen molar-refractivity contribution in [3.05, 3.63) is 41.3 Å². The van der Waals surface area contributed by atoms with Gasteiger partial charge in [-0.3, -0.25) is 4.72 Å². The second-order valence-electron chi connectivity index (χ2n) is 4.56. The molecule has 7 heteroatoms. The summed E-state index contributed by atoms with van der Waals surface area (Å²) in [4.78, 5) is 0.0416. The highest BCUT2D eigenvalue weighted by Crippen LogP contribution is 2.24. The Morgan fingerprint density at radius 2 is 2.05 bits per heavy atom. The highest BCUT2D eigenvalue weighted by molar-refractivity contribution is 7.92. The SMILES string of the molecule is Cc1noc(C)c1S(=O)(=O)Nc1cccc(C(C)O)c1. The number of sulfonamides is 1. The number of aromatic nitrogens is 1. The van der Waals surface area contributed by atoms with Crippen molar-refractivity contribution in [1.82, 2.24) is 5.16 Å². The van der Waals surface area contributed by atoms with E-state index in [0.29, 0.717) is 16.9 Å². The summed E-state index contributed by atoms with van der Waals surface area (Å²) in [6.07, 6.45) is -0.668. The van der Waals surface area contributed by atoms with Crippen LogP contribution < -0.4 is 4.72 Å². The van der Waals surface area contributed by atoms with Crippen molar-refractivity contribution >= 4 is 15.7 Å². The van der Waals surface area contributed by atoms with Gasteiger partial charge in [0.1, 0.15) is 5.69 Å². The van der Waals surface area contributed by atoms with Crippen molar-refractivity contribution in [1.29, 1.82) is 0 Å². The molecule has 0 bridgehead atoms. The standard InChI is InChI=1S/C13H16N2O4S/c1-8-13(10(3)19-14-8)20(17,18)15-12-6-4-5-11(7-12)9(2)16/h4-7,9,15-16H,1-3H3. The van der Waals surface area contributed by atoms with Crippen LogP contribution in [0.4, 0.5) is 5.69 Å². The molecule has 1 aromatic heterocycles. The Balaban J connectivity index is 2.36. The second-order valence-corrected chi connectivity index (χ2v) is 6.18. The first-order valence-corrected chi connectivity index (χ1v) is 7.53. The van der Waals surface area contributed by atoms with Crippen LogP contribution in [0.15, 0.2) is 33.7 Å². The predicted molar refractivity (Wildman–Crippen MR) is 73.9 cm³/mol. The lowest BCUT2D eigenvalue weighted by atomic mass is 10.1. The normalized spacial score (nSPS) is 13.2. The van der Waals surface area contributed by atoms with Crippen LogP contribution in [0.5, 0.6) is 0 Å². The molecule has 1 aromatic carbocycles. The lowest BCUT2D eigenvalue weighted by molar-refractivity contribution is 0.199. The Labute approximate surface area is 117 Å². The molecule has 20 heavy (non-hydrogen) atoms. The van der Waals surface area contributed by atoms with Gasteiger partial charge in [0.25, 0.3) is 10.0 Å². The van der Waals surface area contributed by atoms with Crippen LogP contribution in [0.1, 0.15) is 30.0 Å². The fourth-order valence-electron chi connectivity index (χ4n) is 1.93. The number of hydrogen-bond acceptors (Lipinski definition) is 5. The molecule has 1 heterocycles. The number of nitrogens with zero attached hydrogens (tertiary/aromatic N) is 1. The van der Waals surface area contributed by atoms with E-state index in [1.807, 2.05) is 0 Å². The summed E-state index contributed by atoms with van der Waals surface area (Å²) in [5, 5.41) is 13.2. The van der Waals surface area contributed by atoms with Crippen molar-refractivity contribution in [2.75, 3.05) is 4.72 Å². The molecule has 0 radical (unpaired) electrons. The molecule has 0 amide bonds. The zero-order chi connectivity index (χ0) is 14.9. The number of benzene rings is 1. The van der Waals surface area contributed by atoms with Gasteiger partial charge in [-0.25, -0.2) is 8.42 Å². The fraction of sp³-hybridized carbons (Fsp3) is 0.308. The summed E-state index contributed by atoms with van der Waals surface area (Å²) >= 11 is 0. The number of nitrogens with one attached hydrogen (secondary N) is 1. The molecule has 0 aliphatic carbocycles. The number of aliphatic hydroxyl groups is 1. The van der Waals surface area contributed by atoms with Crippen molar-refractivity contribution in [3.63, 3.8) is 0 Å². The minimum absolute atomic E-state index is 0.0416. The van der Waals surface area contributed by atoms with E-state index in [0.717, 1.165) is 0 Å². The zero-order valence-electron chi connectivity index (χ0n) is 11.4. The maximum atomic E-state index is 12.3. The fourth-order valence-corrected chi connectivity index (χ4v) is 3.31. The van der Waals surface area contributed by atoms with Gasteiger partial charge in [-0.05, 0) is 38.5 Å². The summed E-state index contributed by atoms with van der Waals surface area (Å²) < 4.78 is 32.0. The average Bonchev–Trinajstić information content (AvgIpc) is 2.69. The smallest absolute Gasteiger partial charge is 0.267 e. The highest BCUT2D eigenvalue weighted by Gasteiger charge is 2.24. The van der Waals surface area contributed by atoms with E-state index >= 15 is 0 Å². The number of hydrogen-bond donors (Lipinski definition) is 2. The van der Waals surface area contributed by atoms with Gasteiger partial charge in [-0.1, -0.05) is 17.3 Å². The van der Waals surface area contributed by atoms with Crippen LogP contribution in [0.25, 0.3) is 0 Å². The lowest BCUT2D eigenvalue weighted by Crippen LogP contribution is -2.14. The van der Waals surface area contributed by atoms with Gasteiger partial charge in [0.2, 0.25) is 0 Å². The van der Waals surface area contributed by atoms with Gasteiger partial charge in [-0.15, -0.1) is 0 Å². The summed E-state index contributed by atoms with van der Waals surface area (Å²) in [5.41, 5.74) is 1.31. The summed E-state index contributed by atoms with van der Waals surface area (Å²) in [6.45, 7) is 4.72. The van der Waals surface area contributed by atoms with E-state index < -0.39 is 16.1 Å². The van der Waals surface area contributed by atoms with Gasteiger partial charge in [0.15, 0.2) is 10.7 Å². The van der Waals surface area contributed by atoms with Crippen molar-refractivity contribution in [2.24, 2.45) is 0 Å². The molecule has 6 nitrogen and oxygen atoms in total. The predicted octanol–water partition coefficient (Wildman–Crippen LogP) is 2.15. The number of aliphatic hydroxyl groups excluding tert-OH is 1. The Morgan fingerprint density at radius 1 is 1.35 bits per heavy atom. The highest BCUT2D eigenvalue weighted by atomic mass is 32.2. The third-order valence-corrected chi connectivity index (χ3v) is 4.48. The second kappa shape index (κ2) is 5.26. The first-order valence-electron chi connectivity index (χ1n) is 6.05. The van der Waals surface area contributed by atoms with Crippen LogP contribution in [0, 0.1) is 13.8 Å². The van der Waals surface area contributed by atoms with Crippen molar-refractivity contribution < 1.29 is 18.0 Å². The first-order chi connectivity index (χ1) is 9.31. The molecule has 2 N–H and O–H groups in total. The van der Waals surface area contributed by atoms with Gasteiger partial charge in [0, 0.05) is 5.69 Å². The Kier molecular flexibility index (Phi) is 3.82. The molecule has 0 aliphatic rings. The molecule has 0 aliphatic heterocycles. The Hall–Kier alpha value is -1.86. The first kappa shape index (κ1) is 14.5. The third kappa shape index (κ3) is 2.83. The zero-order valence-corrected chi connectivity index (χ0v) is 12.2. The molecule has 0 fully saturated rings. The summed E-state index contributed by atoms with van der Waals surface area (Å²) in [5.74, 6) is 0.238. The van der Waals surface area contributed by atoms with Gasteiger partial charge < -0.3 is 9.63 Å².